The van der Waals surface area contributed by atoms with Crippen LogP contribution in [0.15, 0.2) is 48.8 Å². The van der Waals surface area contributed by atoms with E-state index >= 15 is 0 Å². The summed E-state index contributed by atoms with van der Waals surface area (Å²) in [5, 5.41) is 0. The first-order valence-electron chi connectivity index (χ1n) is 8.78. The number of aryl methyl sites for hydroxylation is 2. The molecule has 0 radical (unpaired) electrons. The van der Waals surface area contributed by atoms with Gasteiger partial charge >= 0.3 is 0 Å². The quantitative estimate of drug-likeness (QED) is 0.715. The van der Waals surface area contributed by atoms with Crippen molar-refractivity contribution < 1.29 is 4.74 Å². The molecule has 3 aromatic rings. The number of pyridine rings is 3. The molecule has 0 aromatic carbocycles. The molecule has 1 aliphatic carbocycles. The molecule has 0 bridgehead atoms. The standard InChI is InChI=1S/C21H21N3O/c1-15-9-11-23-20(12-15)18-13-21(24-19-8-3-2-7-17(18)19)25-14-16-6-4-5-10-22-16/h4-6,9-13H,2-3,7-8,14H2,1H3. The molecule has 0 atom stereocenters. The fraction of sp³-hybridized carbons (Fsp3) is 0.286. The van der Waals surface area contributed by atoms with E-state index in [4.69, 9.17) is 9.72 Å². The number of fused-ring (bicyclic) bond motifs is 1. The molecule has 4 rings (SSSR count). The third-order valence-corrected chi connectivity index (χ3v) is 4.56. The van der Waals surface area contributed by atoms with Gasteiger partial charge in [0.15, 0.2) is 0 Å². The first kappa shape index (κ1) is 15.8. The Morgan fingerprint density at radius 2 is 1.92 bits per heavy atom. The van der Waals surface area contributed by atoms with Gasteiger partial charge in [0.2, 0.25) is 5.88 Å². The van der Waals surface area contributed by atoms with E-state index in [1.54, 1.807) is 6.20 Å². The molecule has 0 N–H and O–H groups in total. The van der Waals surface area contributed by atoms with Crippen molar-refractivity contribution in [1.82, 2.24) is 15.0 Å². The van der Waals surface area contributed by atoms with Gasteiger partial charge in [0.05, 0.1) is 11.4 Å². The molecule has 0 saturated heterocycles. The van der Waals surface area contributed by atoms with Crippen molar-refractivity contribution in [2.75, 3.05) is 0 Å². The van der Waals surface area contributed by atoms with Crippen molar-refractivity contribution in [2.24, 2.45) is 0 Å². The minimum Gasteiger partial charge on any atom is -0.471 e. The zero-order valence-electron chi connectivity index (χ0n) is 14.4. The summed E-state index contributed by atoms with van der Waals surface area (Å²) >= 11 is 0. The highest BCUT2D eigenvalue weighted by Crippen LogP contribution is 2.33. The second-order valence-electron chi connectivity index (χ2n) is 6.47. The maximum Gasteiger partial charge on any atom is 0.214 e. The molecule has 3 aromatic heterocycles. The summed E-state index contributed by atoms with van der Waals surface area (Å²) < 4.78 is 5.95. The van der Waals surface area contributed by atoms with Crippen LogP contribution in [0.2, 0.25) is 0 Å². The van der Waals surface area contributed by atoms with E-state index in [2.05, 4.69) is 23.0 Å². The van der Waals surface area contributed by atoms with Crippen molar-refractivity contribution in [3.05, 3.63) is 71.3 Å². The van der Waals surface area contributed by atoms with Gasteiger partial charge in [0, 0.05) is 29.7 Å². The third-order valence-electron chi connectivity index (χ3n) is 4.56. The molecule has 0 unspecified atom stereocenters. The second-order valence-corrected chi connectivity index (χ2v) is 6.47. The maximum atomic E-state index is 5.95. The van der Waals surface area contributed by atoms with E-state index < -0.39 is 0 Å². The van der Waals surface area contributed by atoms with Gasteiger partial charge < -0.3 is 4.74 Å². The number of rotatable bonds is 4. The Kier molecular flexibility index (Phi) is 4.42. The van der Waals surface area contributed by atoms with Gasteiger partial charge in [-0.25, -0.2) is 4.98 Å². The number of aromatic nitrogens is 3. The van der Waals surface area contributed by atoms with Crippen LogP contribution >= 0.6 is 0 Å². The molecular formula is C21H21N3O. The molecule has 1 aliphatic rings. The van der Waals surface area contributed by atoms with Gasteiger partial charge in [-0.1, -0.05) is 6.07 Å². The second kappa shape index (κ2) is 7.01. The van der Waals surface area contributed by atoms with Gasteiger partial charge in [0.25, 0.3) is 0 Å². The summed E-state index contributed by atoms with van der Waals surface area (Å²) in [6, 6.07) is 12.0. The molecule has 0 spiro atoms. The SMILES string of the molecule is Cc1ccnc(-c2cc(OCc3ccccn3)nc3c2CCCC3)c1. The van der Waals surface area contributed by atoms with E-state index in [1.807, 2.05) is 36.5 Å². The van der Waals surface area contributed by atoms with Crippen LogP contribution in [0.4, 0.5) is 0 Å². The lowest BCUT2D eigenvalue weighted by molar-refractivity contribution is 0.288. The Labute approximate surface area is 148 Å². The lowest BCUT2D eigenvalue weighted by Gasteiger charge is -2.20. The van der Waals surface area contributed by atoms with E-state index in [1.165, 1.54) is 24.0 Å². The molecular weight excluding hydrogens is 310 g/mol. The van der Waals surface area contributed by atoms with Crippen LogP contribution in [0, 0.1) is 6.92 Å². The van der Waals surface area contributed by atoms with Gasteiger partial charge in [0.1, 0.15) is 6.61 Å². The van der Waals surface area contributed by atoms with Crippen molar-refractivity contribution in [3.63, 3.8) is 0 Å². The summed E-state index contributed by atoms with van der Waals surface area (Å²) in [6.07, 6.45) is 8.12. The fourth-order valence-corrected chi connectivity index (χ4v) is 3.30. The van der Waals surface area contributed by atoms with Crippen LogP contribution in [0.25, 0.3) is 11.3 Å². The van der Waals surface area contributed by atoms with Crippen molar-refractivity contribution >= 4 is 0 Å². The number of ether oxygens (including phenoxy) is 1. The Bertz CT molecular complexity index is 878. The third kappa shape index (κ3) is 3.53. The van der Waals surface area contributed by atoms with Crippen LogP contribution in [0.1, 0.15) is 35.4 Å². The molecule has 0 aliphatic heterocycles. The smallest absolute Gasteiger partial charge is 0.214 e. The summed E-state index contributed by atoms with van der Waals surface area (Å²) in [7, 11) is 0. The molecule has 4 heteroatoms. The lowest BCUT2D eigenvalue weighted by Crippen LogP contribution is -2.10. The zero-order chi connectivity index (χ0) is 17.1. The summed E-state index contributed by atoms with van der Waals surface area (Å²) in [6.45, 7) is 2.52. The first-order valence-corrected chi connectivity index (χ1v) is 8.78. The van der Waals surface area contributed by atoms with Crippen LogP contribution in [0.3, 0.4) is 0 Å². The van der Waals surface area contributed by atoms with Crippen LogP contribution < -0.4 is 4.74 Å². The van der Waals surface area contributed by atoms with Gasteiger partial charge in [-0.3, -0.25) is 9.97 Å². The van der Waals surface area contributed by atoms with Crippen LogP contribution in [-0.2, 0) is 19.4 Å². The lowest BCUT2D eigenvalue weighted by atomic mass is 9.90. The van der Waals surface area contributed by atoms with Gasteiger partial charge in [-0.2, -0.15) is 0 Å². The Hall–Kier alpha value is -2.75. The minimum absolute atomic E-state index is 0.424. The molecule has 4 nitrogen and oxygen atoms in total. The predicted octanol–water partition coefficient (Wildman–Crippen LogP) is 4.30. The van der Waals surface area contributed by atoms with E-state index in [0.29, 0.717) is 12.5 Å². The number of hydrogen-bond donors (Lipinski definition) is 0. The average molecular weight is 331 g/mol. The van der Waals surface area contributed by atoms with Crippen molar-refractivity contribution in [3.8, 4) is 17.1 Å². The highest BCUT2D eigenvalue weighted by Gasteiger charge is 2.19. The highest BCUT2D eigenvalue weighted by atomic mass is 16.5. The highest BCUT2D eigenvalue weighted by molar-refractivity contribution is 5.66. The topological polar surface area (TPSA) is 47.9 Å². The van der Waals surface area contributed by atoms with Gasteiger partial charge in [-0.05, 0) is 68.0 Å². The molecule has 25 heavy (non-hydrogen) atoms. The number of hydrogen-bond acceptors (Lipinski definition) is 4. The summed E-state index contributed by atoms with van der Waals surface area (Å²) in [5.41, 5.74) is 6.75. The first-order chi connectivity index (χ1) is 12.3. The Morgan fingerprint density at radius 3 is 2.76 bits per heavy atom. The Morgan fingerprint density at radius 1 is 1.00 bits per heavy atom. The molecule has 3 heterocycles. The average Bonchev–Trinajstić information content (AvgIpc) is 2.66. The molecule has 0 saturated carbocycles. The van der Waals surface area contributed by atoms with E-state index in [-0.39, 0.29) is 0 Å². The van der Waals surface area contributed by atoms with Crippen molar-refractivity contribution in [1.29, 1.82) is 0 Å². The Balaban J connectivity index is 1.70. The summed E-state index contributed by atoms with van der Waals surface area (Å²) in [4.78, 5) is 13.6. The fourth-order valence-electron chi connectivity index (χ4n) is 3.30. The molecule has 0 amide bonds. The largest absolute Gasteiger partial charge is 0.471 e. The van der Waals surface area contributed by atoms with E-state index in [0.717, 1.165) is 35.5 Å². The van der Waals surface area contributed by atoms with Crippen LogP contribution in [0.5, 0.6) is 5.88 Å². The summed E-state index contributed by atoms with van der Waals surface area (Å²) in [5.74, 6) is 0.657. The van der Waals surface area contributed by atoms with Gasteiger partial charge in [-0.15, -0.1) is 0 Å². The number of nitrogens with zero attached hydrogens (tertiary/aromatic N) is 3. The normalized spacial score (nSPS) is 13.3. The maximum absolute atomic E-state index is 5.95. The van der Waals surface area contributed by atoms with E-state index in [9.17, 15) is 0 Å². The zero-order valence-corrected chi connectivity index (χ0v) is 14.4. The predicted molar refractivity (Wildman–Crippen MR) is 97.4 cm³/mol. The van der Waals surface area contributed by atoms with Crippen LogP contribution in [-0.4, -0.2) is 15.0 Å². The molecule has 126 valence electrons. The van der Waals surface area contributed by atoms with Crippen molar-refractivity contribution in [2.45, 2.75) is 39.2 Å². The minimum atomic E-state index is 0.424. The monoisotopic (exact) mass is 331 g/mol. The molecule has 0 fully saturated rings.